The Morgan fingerprint density at radius 1 is 1.38 bits per heavy atom. The summed E-state index contributed by atoms with van der Waals surface area (Å²) in [6.07, 6.45) is -0.149. The van der Waals surface area contributed by atoms with E-state index in [1.54, 1.807) is 0 Å². The minimum absolute atomic E-state index is 0.0773. The first-order chi connectivity index (χ1) is 11.3. The Morgan fingerprint density at radius 2 is 2.08 bits per heavy atom. The van der Waals surface area contributed by atoms with Gasteiger partial charge in [0.15, 0.2) is 11.5 Å². The van der Waals surface area contributed by atoms with Crippen LogP contribution in [0.25, 0.3) is 0 Å². The lowest BCUT2D eigenvalue weighted by Crippen LogP contribution is -2.38. The summed E-state index contributed by atoms with van der Waals surface area (Å²) in [6, 6.07) is 1.50. The van der Waals surface area contributed by atoms with Crippen molar-refractivity contribution >= 4 is 17.5 Å². The van der Waals surface area contributed by atoms with Crippen LogP contribution in [0.15, 0.2) is 12.1 Å². The van der Waals surface area contributed by atoms with Crippen LogP contribution in [-0.2, 0) is 0 Å². The number of carbonyl (C=O) groups excluding carboxylic acids is 1. The average Bonchev–Trinajstić information content (AvgIpc) is 2.71. The predicted molar refractivity (Wildman–Crippen MR) is 82.4 cm³/mol. The van der Waals surface area contributed by atoms with Gasteiger partial charge < -0.3 is 14.8 Å². The molecule has 4 nitrogen and oxygen atoms in total. The molecule has 1 heterocycles. The van der Waals surface area contributed by atoms with Gasteiger partial charge in [0.25, 0.3) is 5.91 Å². The summed E-state index contributed by atoms with van der Waals surface area (Å²) in [5.74, 6) is 2.03. The third-order valence-corrected chi connectivity index (χ3v) is 3.52. The second-order valence-corrected chi connectivity index (χ2v) is 5.64. The molecule has 1 unspecified atom stereocenters. The number of benzene rings is 1. The van der Waals surface area contributed by atoms with Crippen molar-refractivity contribution in [2.24, 2.45) is 0 Å². The van der Waals surface area contributed by atoms with Crippen LogP contribution in [0.4, 0.5) is 13.2 Å². The highest BCUT2D eigenvalue weighted by Gasteiger charge is 2.32. The fourth-order valence-electron chi connectivity index (χ4n) is 2.23. The molecule has 1 amide bonds. The second-order valence-electron chi connectivity index (χ2n) is 5.23. The predicted octanol–water partition coefficient (Wildman–Crippen LogP) is 3.58. The Hall–Kier alpha value is -2.07. The normalized spacial score (nSPS) is 15.1. The first kappa shape index (κ1) is 18.3. The molecule has 1 aromatic rings. The Morgan fingerprint density at radius 3 is 2.75 bits per heavy atom. The summed E-state index contributed by atoms with van der Waals surface area (Å²) in [4.78, 5) is 12.2. The maximum atomic E-state index is 12.5. The number of fused-ring (bicyclic) bond motifs is 1. The van der Waals surface area contributed by atoms with Crippen molar-refractivity contribution in [2.45, 2.75) is 31.5 Å². The molecule has 0 aliphatic carbocycles. The number of hydrogen-bond acceptors (Lipinski definition) is 3. The monoisotopic (exact) mass is 361 g/mol. The van der Waals surface area contributed by atoms with Gasteiger partial charge in [-0.3, -0.25) is 4.79 Å². The van der Waals surface area contributed by atoms with Crippen LogP contribution in [0.5, 0.6) is 11.5 Å². The molecule has 8 heteroatoms. The molecule has 0 spiro atoms. The largest absolute Gasteiger partial charge is 0.489 e. The quantitative estimate of drug-likeness (QED) is 0.834. The van der Waals surface area contributed by atoms with Gasteiger partial charge >= 0.3 is 6.18 Å². The minimum Gasteiger partial charge on any atom is -0.489 e. The third kappa shape index (κ3) is 4.96. The van der Waals surface area contributed by atoms with Crippen LogP contribution in [0.1, 0.15) is 29.6 Å². The lowest BCUT2D eigenvalue weighted by molar-refractivity contribution is -0.139. The fraction of sp³-hybridized carbons (Fsp3) is 0.438. The number of hydrogen-bond donors (Lipinski definition) is 1. The molecule has 1 N–H and O–H groups in total. The van der Waals surface area contributed by atoms with Crippen molar-refractivity contribution in [1.82, 2.24) is 5.32 Å². The lowest BCUT2D eigenvalue weighted by Gasteiger charge is -2.19. The third-order valence-electron chi connectivity index (χ3n) is 3.24. The SMILES string of the molecule is C#CCC(CC(F)(F)F)NC(=O)c1cc(Cl)c2c(c1)OCCCO2. The summed E-state index contributed by atoms with van der Waals surface area (Å²) >= 11 is 6.07. The van der Waals surface area contributed by atoms with Crippen molar-refractivity contribution in [1.29, 1.82) is 0 Å². The van der Waals surface area contributed by atoms with Crippen molar-refractivity contribution in [3.05, 3.63) is 22.7 Å². The van der Waals surface area contributed by atoms with Crippen LogP contribution in [0, 0.1) is 12.3 Å². The van der Waals surface area contributed by atoms with Crippen molar-refractivity contribution in [2.75, 3.05) is 13.2 Å². The number of alkyl halides is 3. The highest BCUT2D eigenvalue weighted by molar-refractivity contribution is 6.32. The van der Waals surface area contributed by atoms with Crippen LogP contribution in [0.2, 0.25) is 5.02 Å². The van der Waals surface area contributed by atoms with E-state index in [1.165, 1.54) is 12.1 Å². The van der Waals surface area contributed by atoms with Crippen LogP contribution in [-0.4, -0.2) is 31.3 Å². The zero-order valence-corrected chi connectivity index (χ0v) is 13.3. The molecule has 0 saturated heterocycles. The van der Waals surface area contributed by atoms with E-state index in [9.17, 15) is 18.0 Å². The van der Waals surface area contributed by atoms with E-state index >= 15 is 0 Å². The van der Waals surface area contributed by atoms with E-state index in [4.69, 9.17) is 27.5 Å². The van der Waals surface area contributed by atoms with Gasteiger partial charge in [0.1, 0.15) is 0 Å². The molecular weight excluding hydrogens is 347 g/mol. The topological polar surface area (TPSA) is 47.6 Å². The van der Waals surface area contributed by atoms with Gasteiger partial charge in [-0.25, -0.2) is 0 Å². The summed E-state index contributed by atoms with van der Waals surface area (Å²) in [6.45, 7) is 0.816. The highest BCUT2D eigenvalue weighted by atomic mass is 35.5. The Kier molecular flexibility index (Phi) is 5.84. The first-order valence-electron chi connectivity index (χ1n) is 7.20. The molecule has 0 bridgehead atoms. The van der Waals surface area contributed by atoms with Gasteiger partial charge in [0.05, 0.1) is 24.7 Å². The van der Waals surface area contributed by atoms with Crippen LogP contribution >= 0.6 is 11.6 Å². The molecular formula is C16H15ClF3NO3. The van der Waals surface area contributed by atoms with E-state index < -0.39 is 24.5 Å². The highest BCUT2D eigenvalue weighted by Crippen LogP contribution is 2.38. The van der Waals surface area contributed by atoms with Gasteiger partial charge in [0.2, 0.25) is 0 Å². The first-order valence-corrected chi connectivity index (χ1v) is 7.58. The van der Waals surface area contributed by atoms with Gasteiger partial charge in [-0.15, -0.1) is 12.3 Å². The molecule has 1 aliphatic heterocycles. The molecule has 1 aliphatic rings. The summed E-state index contributed by atoms with van der Waals surface area (Å²) < 4.78 is 48.5. The van der Waals surface area contributed by atoms with E-state index in [-0.39, 0.29) is 22.8 Å². The minimum atomic E-state index is -4.43. The average molecular weight is 362 g/mol. The molecule has 0 radical (unpaired) electrons. The molecule has 2 rings (SSSR count). The zero-order chi connectivity index (χ0) is 17.7. The smallest absolute Gasteiger partial charge is 0.391 e. The number of nitrogens with one attached hydrogen (secondary N) is 1. The molecule has 130 valence electrons. The van der Waals surface area contributed by atoms with E-state index in [2.05, 4.69) is 11.2 Å². The Balaban J connectivity index is 2.18. The zero-order valence-electron chi connectivity index (χ0n) is 12.6. The van der Waals surface area contributed by atoms with Gasteiger partial charge in [-0.05, 0) is 12.1 Å². The van der Waals surface area contributed by atoms with Gasteiger partial charge in [-0.2, -0.15) is 13.2 Å². The molecule has 0 fully saturated rings. The molecule has 0 aromatic heterocycles. The Labute approximate surface area is 142 Å². The van der Waals surface area contributed by atoms with Gasteiger partial charge in [0, 0.05) is 24.4 Å². The second kappa shape index (κ2) is 7.67. The summed E-state index contributed by atoms with van der Waals surface area (Å²) in [5, 5.41) is 2.44. The lowest BCUT2D eigenvalue weighted by atomic mass is 10.1. The van der Waals surface area contributed by atoms with Crippen LogP contribution in [0.3, 0.4) is 0 Å². The summed E-state index contributed by atoms with van der Waals surface area (Å²) in [7, 11) is 0. The number of rotatable bonds is 4. The number of terminal acetylenes is 1. The maximum Gasteiger partial charge on any atom is 0.391 e. The molecule has 0 saturated carbocycles. The van der Waals surface area contributed by atoms with Gasteiger partial charge in [-0.1, -0.05) is 11.6 Å². The van der Waals surface area contributed by atoms with E-state index in [1.807, 2.05) is 0 Å². The van der Waals surface area contributed by atoms with Crippen molar-refractivity contribution in [3.8, 4) is 23.8 Å². The van der Waals surface area contributed by atoms with E-state index in [0.29, 0.717) is 25.4 Å². The number of ether oxygens (including phenoxy) is 2. The summed E-state index contributed by atoms with van der Waals surface area (Å²) in [5.41, 5.74) is 0.0773. The molecule has 24 heavy (non-hydrogen) atoms. The van der Waals surface area contributed by atoms with Crippen molar-refractivity contribution < 1.29 is 27.4 Å². The number of amides is 1. The van der Waals surface area contributed by atoms with E-state index in [0.717, 1.165) is 0 Å². The van der Waals surface area contributed by atoms with Crippen molar-refractivity contribution in [3.63, 3.8) is 0 Å². The fourth-order valence-corrected chi connectivity index (χ4v) is 2.49. The number of carbonyl (C=O) groups is 1. The molecule has 1 aromatic carbocycles. The standard InChI is InChI=1S/C16H15ClF3NO3/c1-2-4-11(9-16(18,19)20)21-15(22)10-7-12(17)14-13(8-10)23-5-3-6-24-14/h1,7-8,11H,3-6,9H2,(H,21,22). The Bertz CT molecular complexity index is 655. The molecule has 1 atom stereocenters. The number of halogens is 4. The van der Waals surface area contributed by atoms with Crippen LogP contribution < -0.4 is 14.8 Å². The maximum absolute atomic E-state index is 12.5.